The zero-order valence-corrected chi connectivity index (χ0v) is 16.0. The van der Waals surface area contributed by atoms with Crippen LogP contribution in [-0.4, -0.2) is 18.5 Å². The molecule has 5 rings (SSSR count). The molecule has 30 heavy (non-hydrogen) atoms. The maximum absolute atomic E-state index is 12.6. The van der Waals surface area contributed by atoms with Gasteiger partial charge in [0.25, 0.3) is 0 Å². The predicted molar refractivity (Wildman–Crippen MR) is 108 cm³/mol. The zero-order chi connectivity index (χ0) is 20.7. The molecule has 0 N–H and O–H groups in total. The van der Waals surface area contributed by atoms with Crippen LogP contribution in [0.5, 0.6) is 23.0 Å². The van der Waals surface area contributed by atoms with E-state index in [4.69, 9.17) is 18.9 Å². The second kappa shape index (κ2) is 7.08. The average molecular weight is 400 g/mol. The van der Waals surface area contributed by atoms with Gasteiger partial charge in [0.1, 0.15) is 11.5 Å². The van der Waals surface area contributed by atoms with E-state index >= 15 is 0 Å². The maximum Gasteiger partial charge on any atom is 0.343 e. The number of fused-ring (bicyclic) bond motifs is 2. The summed E-state index contributed by atoms with van der Waals surface area (Å²) in [6.45, 7) is 2.09. The van der Waals surface area contributed by atoms with Gasteiger partial charge in [0, 0.05) is 6.07 Å². The Bertz CT molecular complexity index is 1220. The van der Waals surface area contributed by atoms with Crippen molar-refractivity contribution >= 4 is 17.8 Å². The highest BCUT2D eigenvalue weighted by Crippen LogP contribution is 2.36. The van der Waals surface area contributed by atoms with Crippen molar-refractivity contribution in [3.8, 4) is 23.0 Å². The fraction of sp³-hybridized carbons (Fsp3) is 0.0833. The second-order valence-electron chi connectivity index (χ2n) is 6.91. The van der Waals surface area contributed by atoms with Crippen molar-refractivity contribution in [2.45, 2.75) is 6.92 Å². The molecule has 148 valence electrons. The summed E-state index contributed by atoms with van der Waals surface area (Å²) in [6, 6.07) is 17.3. The van der Waals surface area contributed by atoms with Gasteiger partial charge >= 0.3 is 5.97 Å². The number of ether oxygens (including phenoxy) is 4. The molecular weight excluding hydrogens is 384 g/mol. The van der Waals surface area contributed by atoms with Gasteiger partial charge in [0.2, 0.25) is 12.6 Å². The lowest BCUT2D eigenvalue weighted by molar-refractivity contribution is 0.0734. The highest BCUT2D eigenvalue weighted by Gasteiger charge is 2.28. The monoisotopic (exact) mass is 400 g/mol. The first-order valence-electron chi connectivity index (χ1n) is 9.34. The topological polar surface area (TPSA) is 71.1 Å². The minimum atomic E-state index is -0.548. The molecule has 0 fully saturated rings. The lowest BCUT2D eigenvalue weighted by Gasteiger charge is -2.06. The normalized spacial score (nSPS) is 15.1. The van der Waals surface area contributed by atoms with Gasteiger partial charge in [-0.15, -0.1) is 0 Å². The molecule has 3 aromatic carbocycles. The van der Waals surface area contributed by atoms with Gasteiger partial charge in [0.15, 0.2) is 17.3 Å². The van der Waals surface area contributed by atoms with Crippen LogP contribution in [0.15, 0.2) is 66.4 Å². The Hall–Kier alpha value is -4.06. The quantitative estimate of drug-likeness (QED) is 0.365. The van der Waals surface area contributed by atoms with E-state index in [2.05, 4.69) is 0 Å². The fourth-order valence-electron chi connectivity index (χ4n) is 3.31. The molecule has 0 unspecified atom stereocenters. The number of esters is 1. The van der Waals surface area contributed by atoms with Crippen LogP contribution in [0.4, 0.5) is 0 Å². The Kier molecular flexibility index (Phi) is 4.25. The highest BCUT2D eigenvalue weighted by atomic mass is 16.7. The summed E-state index contributed by atoms with van der Waals surface area (Å²) in [5.41, 5.74) is 2.70. The van der Waals surface area contributed by atoms with Gasteiger partial charge in [-0.05, 0) is 54.5 Å². The van der Waals surface area contributed by atoms with Crippen molar-refractivity contribution in [3.63, 3.8) is 0 Å². The van der Waals surface area contributed by atoms with Crippen LogP contribution >= 0.6 is 0 Å². The number of Topliss-reactive ketones (excluding diaryl/α,β-unsaturated/α-hetero) is 1. The minimum absolute atomic E-state index is 0.127. The zero-order valence-electron chi connectivity index (χ0n) is 16.0. The first-order chi connectivity index (χ1) is 14.6. The van der Waals surface area contributed by atoms with E-state index < -0.39 is 5.97 Å². The van der Waals surface area contributed by atoms with Crippen LogP contribution < -0.4 is 18.9 Å². The molecule has 0 aliphatic carbocycles. The molecule has 0 radical (unpaired) electrons. The molecule has 0 saturated heterocycles. The summed E-state index contributed by atoms with van der Waals surface area (Å²) in [7, 11) is 0. The minimum Gasteiger partial charge on any atom is -0.454 e. The van der Waals surface area contributed by atoms with Crippen LogP contribution in [0.1, 0.15) is 31.8 Å². The maximum atomic E-state index is 12.6. The number of hydrogen-bond acceptors (Lipinski definition) is 6. The van der Waals surface area contributed by atoms with Gasteiger partial charge in [-0.2, -0.15) is 0 Å². The van der Waals surface area contributed by atoms with Crippen LogP contribution in [0.25, 0.3) is 6.08 Å². The van der Waals surface area contributed by atoms with Crippen molar-refractivity contribution in [1.82, 2.24) is 0 Å². The molecule has 0 saturated carbocycles. The summed E-state index contributed by atoms with van der Waals surface area (Å²) in [5.74, 6) is 1.20. The smallest absolute Gasteiger partial charge is 0.343 e. The first kappa shape index (κ1) is 18.0. The number of carbonyl (C=O) groups is 2. The standard InChI is InChI=1S/C24H16O6/c1-14-4-2-3-5-15(14)10-22-23(25)18-8-7-17(12-20(18)30-22)29-24(26)16-6-9-19-21(11-16)28-13-27-19/h2-12H,13H2,1H3/b22-10+. The molecule has 0 aromatic heterocycles. The Labute approximate surface area is 172 Å². The molecule has 0 spiro atoms. The largest absolute Gasteiger partial charge is 0.454 e. The van der Waals surface area contributed by atoms with Crippen LogP contribution in [0, 0.1) is 6.92 Å². The van der Waals surface area contributed by atoms with Crippen molar-refractivity contribution in [2.75, 3.05) is 6.79 Å². The van der Waals surface area contributed by atoms with E-state index in [0.29, 0.717) is 28.4 Å². The van der Waals surface area contributed by atoms with E-state index in [1.807, 2.05) is 31.2 Å². The van der Waals surface area contributed by atoms with E-state index in [0.717, 1.165) is 11.1 Å². The van der Waals surface area contributed by atoms with Gasteiger partial charge in [-0.25, -0.2) is 4.79 Å². The number of carbonyl (C=O) groups excluding carboxylic acids is 2. The summed E-state index contributed by atoms with van der Waals surface area (Å²) >= 11 is 0. The Morgan fingerprint density at radius 1 is 0.967 bits per heavy atom. The Morgan fingerprint density at radius 2 is 1.80 bits per heavy atom. The third-order valence-corrected chi connectivity index (χ3v) is 4.94. The third-order valence-electron chi connectivity index (χ3n) is 4.94. The molecule has 2 heterocycles. The second-order valence-corrected chi connectivity index (χ2v) is 6.91. The lowest BCUT2D eigenvalue weighted by atomic mass is 10.1. The number of ketones is 1. The van der Waals surface area contributed by atoms with Gasteiger partial charge in [-0.3, -0.25) is 4.79 Å². The molecule has 6 heteroatoms. The summed E-state index contributed by atoms with van der Waals surface area (Å²) in [4.78, 5) is 25.1. The predicted octanol–water partition coefficient (Wildman–Crippen LogP) is 4.56. The van der Waals surface area contributed by atoms with Crippen LogP contribution in [0.3, 0.4) is 0 Å². The summed E-state index contributed by atoms with van der Waals surface area (Å²) < 4.78 is 21.7. The van der Waals surface area contributed by atoms with Gasteiger partial charge < -0.3 is 18.9 Å². The number of rotatable bonds is 3. The average Bonchev–Trinajstić information content (AvgIpc) is 3.33. The van der Waals surface area contributed by atoms with Gasteiger partial charge in [-0.1, -0.05) is 24.3 Å². The van der Waals surface area contributed by atoms with E-state index in [9.17, 15) is 9.59 Å². The first-order valence-corrected chi connectivity index (χ1v) is 9.34. The SMILES string of the molecule is Cc1ccccc1/C=C1/Oc2cc(OC(=O)c3ccc4c(c3)OCO4)ccc2C1=O. The molecule has 3 aromatic rings. The van der Waals surface area contributed by atoms with E-state index in [-0.39, 0.29) is 24.1 Å². The molecule has 2 aliphatic heterocycles. The van der Waals surface area contributed by atoms with Crippen LogP contribution in [-0.2, 0) is 0 Å². The molecule has 6 nitrogen and oxygen atoms in total. The fourth-order valence-corrected chi connectivity index (χ4v) is 3.31. The highest BCUT2D eigenvalue weighted by molar-refractivity contribution is 6.14. The van der Waals surface area contributed by atoms with E-state index in [1.165, 1.54) is 6.07 Å². The van der Waals surface area contributed by atoms with Crippen LogP contribution in [0.2, 0.25) is 0 Å². The number of hydrogen-bond donors (Lipinski definition) is 0. The summed E-state index contributed by atoms with van der Waals surface area (Å²) in [6.07, 6.45) is 1.72. The Morgan fingerprint density at radius 3 is 2.67 bits per heavy atom. The van der Waals surface area contributed by atoms with Crippen molar-refractivity contribution in [2.24, 2.45) is 0 Å². The molecular formula is C24H16O6. The molecule has 0 atom stereocenters. The van der Waals surface area contributed by atoms with Crippen molar-refractivity contribution in [1.29, 1.82) is 0 Å². The number of allylic oxidation sites excluding steroid dienone is 1. The number of aryl methyl sites for hydroxylation is 1. The molecule has 0 amide bonds. The molecule has 0 bridgehead atoms. The number of benzene rings is 3. The summed E-state index contributed by atoms with van der Waals surface area (Å²) in [5, 5.41) is 0. The van der Waals surface area contributed by atoms with Gasteiger partial charge in [0.05, 0.1) is 11.1 Å². The molecule has 2 aliphatic rings. The van der Waals surface area contributed by atoms with Crippen molar-refractivity contribution in [3.05, 3.63) is 88.7 Å². The lowest BCUT2D eigenvalue weighted by Crippen LogP contribution is -2.08. The van der Waals surface area contributed by atoms with E-state index in [1.54, 1.807) is 36.4 Å². The Balaban J connectivity index is 1.37. The van der Waals surface area contributed by atoms with Crippen molar-refractivity contribution < 1.29 is 28.5 Å². The third kappa shape index (κ3) is 3.18.